The predicted molar refractivity (Wildman–Crippen MR) is 47.3 cm³/mol. The second kappa shape index (κ2) is 3.81. The van der Waals surface area contributed by atoms with Gasteiger partial charge in [-0.25, -0.2) is 0 Å². The molecule has 3 heteroatoms. The average molecular weight is 182 g/mol. The third-order valence-electron chi connectivity index (χ3n) is 2.81. The molecule has 0 bridgehead atoms. The lowest BCUT2D eigenvalue weighted by atomic mass is 9.82. The standard InChI is InChI=1S/C10H14O3/c1-10(6-2-3-7-11)8(12)4-5-9(10)13/h7H,2-6H2,1H3. The molecule has 0 aromatic rings. The Morgan fingerprint density at radius 1 is 1.31 bits per heavy atom. The lowest BCUT2D eigenvalue weighted by Gasteiger charge is -2.18. The molecule has 0 unspecified atom stereocenters. The highest BCUT2D eigenvalue weighted by atomic mass is 16.2. The van der Waals surface area contributed by atoms with Crippen LogP contribution in [-0.2, 0) is 14.4 Å². The van der Waals surface area contributed by atoms with Gasteiger partial charge in [-0.15, -0.1) is 0 Å². The van der Waals surface area contributed by atoms with Crippen LogP contribution in [0.4, 0.5) is 0 Å². The first kappa shape index (κ1) is 10.1. The van der Waals surface area contributed by atoms with Gasteiger partial charge in [0.2, 0.25) is 0 Å². The summed E-state index contributed by atoms with van der Waals surface area (Å²) in [5.74, 6) is 0.0896. The van der Waals surface area contributed by atoms with E-state index in [0.717, 1.165) is 6.29 Å². The van der Waals surface area contributed by atoms with E-state index in [4.69, 9.17) is 0 Å². The predicted octanol–water partition coefficient (Wildman–Crippen LogP) is 1.29. The van der Waals surface area contributed by atoms with E-state index in [9.17, 15) is 14.4 Å². The molecule has 0 aromatic heterocycles. The van der Waals surface area contributed by atoms with Crippen molar-refractivity contribution in [1.29, 1.82) is 0 Å². The molecule has 13 heavy (non-hydrogen) atoms. The molecule has 0 heterocycles. The molecule has 1 saturated carbocycles. The van der Waals surface area contributed by atoms with Crippen molar-refractivity contribution in [2.75, 3.05) is 0 Å². The van der Waals surface area contributed by atoms with E-state index >= 15 is 0 Å². The third kappa shape index (κ3) is 1.85. The summed E-state index contributed by atoms with van der Waals surface area (Å²) in [4.78, 5) is 32.9. The van der Waals surface area contributed by atoms with E-state index in [1.54, 1.807) is 6.92 Å². The maximum absolute atomic E-state index is 11.4. The van der Waals surface area contributed by atoms with E-state index in [1.807, 2.05) is 0 Å². The van der Waals surface area contributed by atoms with Crippen LogP contribution in [0, 0.1) is 5.41 Å². The van der Waals surface area contributed by atoms with Gasteiger partial charge in [0.05, 0.1) is 5.41 Å². The molecular weight excluding hydrogens is 168 g/mol. The summed E-state index contributed by atoms with van der Waals surface area (Å²) in [5.41, 5.74) is -0.775. The summed E-state index contributed by atoms with van der Waals surface area (Å²) in [5, 5.41) is 0. The molecule has 0 radical (unpaired) electrons. The van der Waals surface area contributed by atoms with Crippen LogP contribution in [-0.4, -0.2) is 17.9 Å². The van der Waals surface area contributed by atoms with Crippen LogP contribution >= 0.6 is 0 Å². The Morgan fingerprint density at radius 2 is 1.85 bits per heavy atom. The van der Waals surface area contributed by atoms with Crippen molar-refractivity contribution in [2.24, 2.45) is 5.41 Å². The van der Waals surface area contributed by atoms with Crippen LogP contribution in [0.5, 0.6) is 0 Å². The van der Waals surface area contributed by atoms with E-state index < -0.39 is 5.41 Å². The summed E-state index contributed by atoms with van der Waals surface area (Å²) in [7, 11) is 0. The van der Waals surface area contributed by atoms with Crippen molar-refractivity contribution in [3.63, 3.8) is 0 Å². The summed E-state index contributed by atoms with van der Waals surface area (Å²) in [6.45, 7) is 1.70. The Hall–Kier alpha value is -0.990. The van der Waals surface area contributed by atoms with Gasteiger partial charge in [-0.05, 0) is 19.8 Å². The molecule has 0 saturated heterocycles. The number of aldehydes is 1. The molecule has 1 aliphatic rings. The third-order valence-corrected chi connectivity index (χ3v) is 2.81. The first-order valence-corrected chi connectivity index (χ1v) is 4.61. The maximum atomic E-state index is 11.4. The molecule has 0 aliphatic heterocycles. The number of unbranched alkanes of at least 4 members (excludes halogenated alkanes) is 1. The molecular formula is C10H14O3. The van der Waals surface area contributed by atoms with Gasteiger partial charge < -0.3 is 4.79 Å². The highest BCUT2D eigenvalue weighted by Crippen LogP contribution is 2.35. The van der Waals surface area contributed by atoms with Crippen molar-refractivity contribution < 1.29 is 14.4 Å². The van der Waals surface area contributed by atoms with E-state index in [0.29, 0.717) is 32.1 Å². The molecule has 1 rings (SSSR count). The number of carbonyl (C=O) groups is 3. The van der Waals surface area contributed by atoms with Gasteiger partial charge >= 0.3 is 0 Å². The maximum Gasteiger partial charge on any atom is 0.146 e. The summed E-state index contributed by atoms with van der Waals surface area (Å²) in [6, 6.07) is 0. The Kier molecular flexibility index (Phi) is 2.96. The van der Waals surface area contributed by atoms with Crippen LogP contribution < -0.4 is 0 Å². The first-order chi connectivity index (χ1) is 6.11. The zero-order valence-electron chi connectivity index (χ0n) is 7.84. The Balaban J connectivity index is 2.57. The molecule has 72 valence electrons. The Labute approximate surface area is 77.5 Å². The summed E-state index contributed by atoms with van der Waals surface area (Å²) in [6.07, 6.45) is 3.21. The normalized spacial score (nSPS) is 20.7. The van der Waals surface area contributed by atoms with Gasteiger partial charge in [-0.3, -0.25) is 9.59 Å². The number of Topliss-reactive ketones (excluding diaryl/α,β-unsaturated/α-hetero) is 2. The Morgan fingerprint density at radius 3 is 2.31 bits per heavy atom. The second-order valence-corrected chi connectivity index (χ2v) is 3.74. The zero-order valence-corrected chi connectivity index (χ0v) is 7.84. The van der Waals surface area contributed by atoms with Crippen molar-refractivity contribution in [3.8, 4) is 0 Å². The van der Waals surface area contributed by atoms with E-state index in [-0.39, 0.29) is 11.6 Å². The van der Waals surface area contributed by atoms with Crippen LogP contribution in [0.2, 0.25) is 0 Å². The minimum Gasteiger partial charge on any atom is -0.303 e. The van der Waals surface area contributed by atoms with Gasteiger partial charge in [-0.2, -0.15) is 0 Å². The molecule has 0 N–H and O–H groups in total. The van der Waals surface area contributed by atoms with E-state index in [2.05, 4.69) is 0 Å². The highest BCUT2D eigenvalue weighted by molar-refractivity contribution is 6.12. The van der Waals surface area contributed by atoms with Gasteiger partial charge in [0.15, 0.2) is 0 Å². The Bertz CT molecular complexity index is 227. The van der Waals surface area contributed by atoms with Gasteiger partial charge in [0, 0.05) is 19.3 Å². The average Bonchev–Trinajstić information content (AvgIpc) is 2.35. The molecule has 1 aliphatic carbocycles. The molecule has 0 spiro atoms. The van der Waals surface area contributed by atoms with Crippen molar-refractivity contribution >= 4 is 17.9 Å². The highest BCUT2D eigenvalue weighted by Gasteiger charge is 2.44. The summed E-state index contributed by atoms with van der Waals surface area (Å²) < 4.78 is 0. The monoisotopic (exact) mass is 182 g/mol. The second-order valence-electron chi connectivity index (χ2n) is 3.74. The fourth-order valence-electron chi connectivity index (χ4n) is 1.75. The minimum atomic E-state index is -0.775. The molecule has 1 fully saturated rings. The van der Waals surface area contributed by atoms with Crippen molar-refractivity contribution in [3.05, 3.63) is 0 Å². The molecule has 0 atom stereocenters. The smallest absolute Gasteiger partial charge is 0.146 e. The quantitative estimate of drug-likeness (QED) is 0.374. The molecule has 0 amide bonds. The van der Waals surface area contributed by atoms with Gasteiger partial charge in [-0.1, -0.05) is 0 Å². The van der Waals surface area contributed by atoms with Crippen molar-refractivity contribution in [1.82, 2.24) is 0 Å². The minimum absolute atomic E-state index is 0.0448. The topological polar surface area (TPSA) is 51.2 Å². The lowest BCUT2D eigenvalue weighted by molar-refractivity contribution is -0.134. The van der Waals surface area contributed by atoms with Crippen molar-refractivity contribution in [2.45, 2.75) is 39.0 Å². The SMILES string of the molecule is CC1(CCCC=O)C(=O)CCC1=O. The number of hydrogen-bond acceptors (Lipinski definition) is 3. The lowest BCUT2D eigenvalue weighted by Crippen LogP contribution is -2.29. The number of hydrogen-bond donors (Lipinski definition) is 0. The van der Waals surface area contributed by atoms with Gasteiger partial charge in [0.25, 0.3) is 0 Å². The number of ketones is 2. The zero-order chi connectivity index (χ0) is 9.90. The van der Waals surface area contributed by atoms with Crippen LogP contribution in [0.1, 0.15) is 39.0 Å². The number of carbonyl (C=O) groups excluding carboxylic acids is 3. The largest absolute Gasteiger partial charge is 0.303 e. The first-order valence-electron chi connectivity index (χ1n) is 4.61. The van der Waals surface area contributed by atoms with Crippen LogP contribution in [0.15, 0.2) is 0 Å². The molecule has 0 aromatic carbocycles. The van der Waals surface area contributed by atoms with Gasteiger partial charge in [0.1, 0.15) is 17.9 Å². The van der Waals surface area contributed by atoms with Crippen LogP contribution in [0.25, 0.3) is 0 Å². The number of rotatable bonds is 4. The fourth-order valence-corrected chi connectivity index (χ4v) is 1.75. The fraction of sp³-hybridized carbons (Fsp3) is 0.700. The summed E-state index contributed by atoms with van der Waals surface area (Å²) >= 11 is 0. The molecule has 3 nitrogen and oxygen atoms in total. The van der Waals surface area contributed by atoms with Crippen LogP contribution in [0.3, 0.4) is 0 Å². The van der Waals surface area contributed by atoms with E-state index in [1.165, 1.54) is 0 Å².